The fraction of sp³-hybridized carbons (Fsp3) is 0.333. The Morgan fingerprint density at radius 2 is 2.18 bits per heavy atom. The Kier molecular flexibility index (Phi) is 2.36. The Hall–Kier alpha value is -1.18. The number of hydrogen-bond donors (Lipinski definition) is 2. The van der Waals surface area contributed by atoms with Gasteiger partial charge in [0.15, 0.2) is 0 Å². The van der Waals surface area contributed by atoms with Gasteiger partial charge in [0.1, 0.15) is 0 Å². The molecule has 2 nitrogen and oxygen atoms in total. The van der Waals surface area contributed by atoms with Gasteiger partial charge >= 0.3 is 0 Å². The Balaban J connectivity index is 2.99. The van der Waals surface area contributed by atoms with Crippen LogP contribution in [0.4, 0.5) is 11.4 Å². The van der Waals surface area contributed by atoms with Gasteiger partial charge in [0.25, 0.3) is 0 Å². The van der Waals surface area contributed by atoms with E-state index in [4.69, 9.17) is 5.73 Å². The molecule has 3 N–H and O–H groups in total. The molecule has 0 aliphatic heterocycles. The van der Waals surface area contributed by atoms with Crippen molar-refractivity contribution in [1.29, 1.82) is 0 Å². The van der Waals surface area contributed by atoms with Gasteiger partial charge in [-0.2, -0.15) is 0 Å². The van der Waals surface area contributed by atoms with Gasteiger partial charge in [0.2, 0.25) is 0 Å². The minimum Gasteiger partial charge on any atom is -0.397 e. The van der Waals surface area contributed by atoms with Crippen LogP contribution in [-0.2, 0) is 6.42 Å². The van der Waals surface area contributed by atoms with Crippen molar-refractivity contribution in [2.75, 3.05) is 18.1 Å². The van der Waals surface area contributed by atoms with E-state index in [0.29, 0.717) is 0 Å². The maximum Gasteiger partial charge on any atom is 0.0571 e. The number of nitrogen functional groups attached to an aromatic ring is 1. The lowest BCUT2D eigenvalue weighted by molar-refractivity contribution is 1.14. The van der Waals surface area contributed by atoms with Crippen molar-refractivity contribution < 1.29 is 0 Å². The van der Waals surface area contributed by atoms with Crippen molar-refractivity contribution in [3.8, 4) is 0 Å². The Bertz CT molecular complexity index is 243. The second kappa shape index (κ2) is 3.28. The van der Waals surface area contributed by atoms with Crippen molar-refractivity contribution in [1.82, 2.24) is 0 Å². The molecule has 0 saturated heterocycles. The molecular formula is C9H14N2. The number of benzene rings is 1. The Morgan fingerprint density at radius 1 is 1.45 bits per heavy atom. The summed E-state index contributed by atoms with van der Waals surface area (Å²) in [6.45, 7) is 2.12. The van der Waals surface area contributed by atoms with E-state index in [1.807, 2.05) is 19.2 Å². The maximum atomic E-state index is 5.74. The van der Waals surface area contributed by atoms with Crippen LogP contribution in [0.2, 0.25) is 0 Å². The fourth-order valence-electron chi connectivity index (χ4n) is 1.06. The Labute approximate surface area is 67.4 Å². The number of rotatable bonds is 2. The molecule has 0 radical (unpaired) electrons. The third-order valence-electron chi connectivity index (χ3n) is 1.79. The van der Waals surface area contributed by atoms with Crippen LogP contribution in [-0.4, -0.2) is 7.05 Å². The molecule has 0 amide bonds. The summed E-state index contributed by atoms with van der Waals surface area (Å²) in [4.78, 5) is 0. The van der Waals surface area contributed by atoms with Gasteiger partial charge in [-0.1, -0.05) is 13.0 Å². The number of aryl methyl sites for hydroxylation is 1. The van der Waals surface area contributed by atoms with Gasteiger partial charge in [-0.15, -0.1) is 0 Å². The van der Waals surface area contributed by atoms with Crippen molar-refractivity contribution in [2.45, 2.75) is 13.3 Å². The molecule has 0 fully saturated rings. The summed E-state index contributed by atoms with van der Waals surface area (Å²) in [6.07, 6.45) is 1.04. The first-order valence-corrected chi connectivity index (χ1v) is 3.84. The third-order valence-corrected chi connectivity index (χ3v) is 1.79. The molecule has 0 bridgehead atoms. The van der Waals surface area contributed by atoms with Crippen LogP contribution in [0.25, 0.3) is 0 Å². The van der Waals surface area contributed by atoms with E-state index in [1.165, 1.54) is 5.56 Å². The number of anilines is 2. The molecule has 60 valence electrons. The maximum absolute atomic E-state index is 5.74. The van der Waals surface area contributed by atoms with E-state index >= 15 is 0 Å². The molecule has 0 aromatic heterocycles. The molecule has 1 aromatic carbocycles. The minimum absolute atomic E-state index is 0.826. The number of nitrogens with two attached hydrogens (primary N) is 1. The number of nitrogens with one attached hydrogen (secondary N) is 1. The van der Waals surface area contributed by atoms with E-state index in [2.05, 4.69) is 18.3 Å². The minimum atomic E-state index is 0.826. The van der Waals surface area contributed by atoms with Gasteiger partial charge < -0.3 is 11.1 Å². The van der Waals surface area contributed by atoms with Gasteiger partial charge in [-0.25, -0.2) is 0 Å². The highest BCUT2D eigenvalue weighted by Gasteiger charge is 1.95. The lowest BCUT2D eigenvalue weighted by Crippen LogP contribution is -1.96. The van der Waals surface area contributed by atoms with Crippen LogP contribution in [0.15, 0.2) is 18.2 Å². The molecule has 2 heteroatoms. The van der Waals surface area contributed by atoms with Crippen LogP contribution in [0.3, 0.4) is 0 Å². The number of hydrogen-bond acceptors (Lipinski definition) is 2. The van der Waals surface area contributed by atoms with Crippen LogP contribution in [0.1, 0.15) is 12.5 Å². The molecule has 0 aliphatic carbocycles. The van der Waals surface area contributed by atoms with Gasteiger partial charge in [0, 0.05) is 7.05 Å². The summed E-state index contributed by atoms with van der Waals surface area (Å²) >= 11 is 0. The summed E-state index contributed by atoms with van der Waals surface area (Å²) in [7, 11) is 1.87. The largest absolute Gasteiger partial charge is 0.397 e. The monoisotopic (exact) mass is 150 g/mol. The van der Waals surface area contributed by atoms with E-state index < -0.39 is 0 Å². The highest BCUT2D eigenvalue weighted by Crippen LogP contribution is 2.18. The van der Waals surface area contributed by atoms with Crippen molar-refractivity contribution in [2.24, 2.45) is 0 Å². The summed E-state index contributed by atoms with van der Waals surface area (Å²) in [5.74, 6) is 0. The summed E-state index contributed by atoms with van der Waals surface area (Å²) < 4.78 is 0. The zero-order valence-electron chi connectivity index (χ0n) is 7.02. The molecule has 1 rings (SSSR count). The van der Waals surface area contributed by atoms with Gasteiger partial charge in [-0.3, -0.25) is 0 Å². The molecule has 11 heavy (non-hydrogen) atoms. The Morgan fingerprint density at radius 3 is 2.64 bits per heavy atom. The van der Waals surface area contributed by atoms with Crippen LogP contribution < -0.4 is 11.1 Å². The zero-order valence-corrected chi connectivity index (χ0v) is 7.02. The van der Waals surface area contributed by atoms with Crippen LogP contribution >= 0.6 is 0 Å². The highest BCUT2D eigenvalue weighted by atomic mass is 14.8. The first kappa shape index (κ1) is 7.92. The van der Waals surface area contributed by atoms with Crippen molar-refractivity contribution in [3.05, 3.63) is 23.8 Å². The quantitative estimate of drug-likeness (QED) is 0.632. The molecule has 0 saturated carbocycles. The SMILES string of the molecule is CCc1ccc(NC)c(N)c1. The first-order valence-electron chi connectivity index (χ1n) is 3.84. The first-order chi connectivity index (χ1) is 5.27. The summed E-state index contributed by atoms with van der Waals surface area (Å²) in [5.41, 5.74) is 8.85. The van der Waals surface area contributed by atoms with Crippen molar-refractivity contribution >= 4 is 11.4 Å². The smallest absolute Gasteiger partial charge is 0.0571 e. The normalized spacial score (nSPS) is 9.64. The van der Waals surface area contributed by atoms with Gasteiger partial charge in [0.05, 0.1) is 11.4 Å². The molecule has 0 aliphatic rings. The lowest BCUT2D eigenvalue weighted by Gasteiger charge is -2.05. The molecule has 0 spiro atoms. The standard InChI is InChI=1S/C9H14N2/c1-3-7-4-5-9(11-2)8(10)6-7/h4-6,11H,3,10H2,1-2H3. The van der Waals surface area contributed by atoms with E-state index in [1.54, 1.807) is 0 Å². The van der Waals surface area contributed by atoms with E-state index in [-0.39, 0.29) is 0 Å². The zero-order chi connectivity index (χ0) is 8.27. The van der Waals surface area contributed by atoms with Gasteiger partial charge in [-0.05, 0) is 24.1 Å². The topological polar surface area (TPSA) is 38.0 Å². The van der Waals surface area contributed by atoms with E-state index in [0.717, 1.165) is 17.8 Å². The molecule has 0 unspecified atom stereocenters. The van der Waals surface area contributed by atoms with Crippen LogP contribution in [0.5, 0.6) is 0 Å². The predicted octanol–water partition coefficient (Wildman–Crippen LogP) is 1.87. The molecule has 0 atom stereocenters. The summed E-state index contributed by atoms with van der Waals surface area (Å²) in [6, 6.07) is 6.10. The van der Waals surface area contributed by atoms with Crippen molar-refractivity contribution in [3.63, 3.8) is 0 Å². The van der Waals surface area contributed by atoms with E-state index in [9.17, 15) is 0 Å². The summed E-state index contributed by atoms with van der Waals surface area (Å²) in [5, 5.41) is 3.02. The molecule has 1 aromatic rings. The average Bonchev–Trinajstić information content (AvgIpc) is 2.04. The highest BCUT2D eigenvalue weighted by molar-refractivity contribution is 5.66. The second-order valence-corrected chi connectivity index (χ2v) is 2.53. The fourth-order valence-corrected chi connectivity index (χ4v) is 1.06. The third kappa shape index (κ3) is 1.64. The van der Waals surface area contributed by atoms with Crippen LogP contribution in [0, 0.1) is 0 Å². The second-order valence-electron chi connectivity index (χ2n) is 2.53. The molecular weight excluding hydrogens is 136 g/mol. The molecule has 0 heterocycles. The predicted molar refractivity (Wildman–Crippen MR) is 49.8 cm³/mol. The lowest BCUT2D eigenvalue weighted by atomic mass is 10.1. The average molecular weight is 150 g/mol.